The summed E-state index contributed by atoms with van der Waals surface area (Å²) >= 11 is 6.26. The van der Waals surface area contributed by atoms with Gasteiger partial charge in [0, 0.05) is 22.7 Å². The molecule has 1 heterocycles. The topological polar surface area (TPSA) is 73.6 Å². The van der Waals surface area contributed by atoms with E-state index in [2.05, 4.69) is 12.1 Å². The predicted octanol–water partition coefficient (Wildman–Crippen LogP) is 5.59. The zero-order valence-electron chi connectivity index (χ0n) is 18.1. The highest BCUT2D eigenvalue weighted by molar-refractivity contribution is 6.31. The second-order valence-electron chi connectivity index (χ2n) is 7.40. The lowest BCUT2D eigenvalue weighted by atomic mass is 10.1. The van der Waals surface area contributed by atoms with Gasteiger partial charge >= 0.3 is 5.97 Å². The average molecular weight is 463 g/mol. The Morgan fingerprint density at radius 3 is 2.48 bits per heavy atom. The predicted molar refractivity (Wildman–Crippen MR) is 128 cm³/mol. The number of carbonyl (C=O) groups is 1. The zero-order chi connectivity index (χ0) is 23.2. The van der Waals surface area contributed by atoms with Crippen molar-refractivity contribution in [3.63, 3.8) is 0 Å². The Balaban J connectivity index is 1.78. The molecule has 0 atom stereocenters. The van der Waals surface area contributed by atoms with Gasteiger partial charge in [-0.25, -0.2) is 4.79 Å². The van der Waals surface area contributed by atoms with E-state index < -0.39 is 12.6 Å². The first-order chi connectivity index (χ1) is 16.0. The van der Waals surface area contributed by atoms with Crippen molar-refractivity contribution in [1.82, 2.24) is 9.78 Å². The van der Waals surface area contributed by atoms with E-state index in [1.807, 2.05) is 53.2 Å². The molecule has 0 radical (unpaired) electrons. The standard InChI is InChI=1S/C26H23ClN2O4/c1-32-24-10-6-5-9-20(24)23-16-22(28-29(23)14-13-18-7-3-2-4-8-18)21-15-19(27)11-12-25(21)33-17-26(30)31/h2-12,15-16H,13-14,17H2,1H3,(H,30,31). The molecule has 0 aliphatic carbocycles. The van der Waals surface area contributed by atoms with Gasteiger partial charge in [0.2, 0.25) is 0 Å². The Morgan fingerprint density at radius 2 is 1.73 bits per heavy atom. The maximum absolute atomic E-state index is 11.0. The summed E-state index contributed by atoms with van der Waals surface area (Å²) in [5.41, 5.74) is 4.24. The first-order valence-electron chi connectivity index (χ1n) is 10.4. The minimum absolute atomic E-state index is 0.404. The molecule has 0 aliphatic rings. The van der Waals surface area contributed by atoms with Crippen molar-refractivity contribution in [3.05, 3.63) is 89.4 Å². The quantitative estimate of drug-likeness (QED) is 0.351. The molecule has 168 valence electrons. The van der Waals surface area contributed by atoms with Crippen molar-refractivity contribution < 1.29 is 19.4 Å². The smallest absolute Gasteiger partial charge is 0.341 e. The maximum Gasteiger partial charge on any atom is 0.341 e. The Labute approximate surface area is 197 Å². The van der Waals surface area contributed by atoms with Crippen LogP contribution in [0.25, 0.3) is 22.5 Å². The van der Waals surface area contributed by atoms with E-state index >= 15 is 0 Å². The molecule has 0 aliphatic heterocycles. The second kappa shape index (κ2) is 10.2. The lowest BCUT2D eigenvalue weighted by Gasteiger charge is -2.11. The largest absolute Gasteiger partial charge is 0.496 e. The lowest BCUT2D eigenvalue weighted by molar-refractivity contribution is -0.139. The molecule has 1 N–H and O–H groups in total. The van der Waals surface area contributed by atoms with E-state index in [1.165, 1.54) is 5.56 Å². The van der Waals surface area contributed by atoms with Crippen LogP contribution < -0.4 is 9.47 Å². The highest BCUT2D eigenvalue weighted by Crippen LogP contribution is 2.37. The van der Waals surface area contributed by atoms with Gasteiger partial charge in [-0.2, -0.15) is 5.10 Å². The van der Waals surface area contributed by atoms with Gasteiger partial charge in [-0.1, -0.05) is 54.1 Å². The Morgan fingerprint density at radius 1 is 0.970 bits per heavy atom. The van der Waals surface area contributed by atoms with Crippen LogP contribution in [-0.4, -0.2) is 34.6 Å². The van der Waals surface area contributed by atoms with Crippen LogP contribution in [0.4, 0.5) is 0 Å². The van der Waals surface area contributed by atoms with Crippen LogP contribution in [0.5, 0.6) is 11.5 Å². The lowest BCUT2D eigenvalue weighted by Crippen LogP contribution is -2.10. The molecule has 0 amide bonds. The summed E-state index contributed by atoms with van der Waals surface area (Å²) < 4.78 is 13.0. The van der Waals surface area contributed by atoms with E-state index in [1.54, 1.807) is 25.3 Å². The molecule has 0 fully saturated rings. The van der Waals surface area contributed by atoms with Crippen molar-refractivity contribution in [1.29, 1.82) is 0 Å². The van der Waals surface area contributed by atoms with Crippen LogP contribution >= 0.6 is 11.6 Å². The van der Waals surface area contributed by atoms with Gasteiger partial charge in [-0.15, -0.1) is 0 Å². The van der Waals surface area contributed by atoms with Crippen LogP contribution in [0.2, 0.25) is 5.02 Å². The number of halogens is 1. The molecule has 0 unspecified atom stereocenters. The number of para-hydroxylation sites is 1. The van der Waals surface area contributed by atoms with Gasteiger partial charge in [-0.3, -0.25) is 4.68 Å². The first-order valence-corrected chi connectivity index (χ1v) is 10.8. The molecular formula is C26H23ClN2O4. The van der Waals surface area contributed by atoms with Crippen molar-refractivity contribution in [2.45, 2.75) is 13.0 Å². The first kappa shape index (κ1) is 22.4. The van der Waals surface area contributed by atoms with Crippen LogP contribution in [0.3, 0.4) is 0 Å². The number of carboxylic acids is 1. The molecule has 6 nitrogen and oxygen atoms in total. The van der Waals surface area contributed by atoms with E-state index in [0.29, 0.717) is 28.6 Å². The summed E-state index contributed by atoms with van der Waals surface area (Å²) in [6.07, 6.45) is 0.794. The second-order valence-corrected chi connectivity index (χ2v) is 7.83. The Kier molecular flexibility index (Phi) is 6.95. The van der Waals surface area contributed by atoms with Gasteiger partial charge in [0.05, 0.1) is 18.5 Å². The molecule has 0 saturated carbocycles. The van der Waals surface area contributed by atoms with E-state index in [4.69, 9.17) is 31.3 Å². The van der Waals surface area contributed by atoms with Gasteiger partial charge in [-0.05, 0) is 48.4 Å². The Hall–Kier alpha value is -3.77. The Bertz CT molecular complexity index is 1250. The van der Waals surface area contributed by atoms with Crippen molar-refractivity contribution >= 4 is 17.6 Å². The number of hydrogen-bond donors (Lipinski definition) is 1. The van der Waals surface area contributed by atoms with Crippen LogP contribution in [0.15, 0.2) is 78.9 Å². The third-order valence-electron chi connectivity index (χ3n) is 5.19. The molecular weight excluding hydrogens is 440 g/mol. The van der Waals surface area contributed by atoms with Gasteiger partial charge in [0.15, 0.2) is 6.61 Å². The SMILES string of the molecule is COc1ccccc1-c1cc(-c2cc(Cl)ccc2OCC(=O)O)nn1CCc1ccccc1. The third kappa shape index (κ3) is 5.35. The van der Waals surface area contributed by atoms with Crippen LogP contribution in [0, 0.1) is 0 Å². The molecule has 4 aromatic rings. The number of aromatic nitrogens is 2. The van der Waals surface area contributed by atoms with Gasteiger partial charge in [0.1, 0.15) is 11.5 Å². The molecule has 4 rings (SSSR count). The third-order valence-corrected chi connectivity index (χ3v) is 5.42. The molecule has 0 spiro atoms. The van der Waals surface area contributed by atoms with E-state index in [9.17, 15) is 4.79 Å². The summed E-state index contributed by atoms with van der Waals surface area (Å²) in [5, 5.41) is 14.4. The fourth-order valence-corrected chi connectivity index (χ4v) is 3.81. The number of benzene rings is 3. The minimum atomic E-state index is -1.06. The molecule has 33 heavy (non-hydrogen) atoms. The van der Waals surface area contributed by atoms with E-state index in [-0.39, 0.29) is 0 Å². The van der Waals surface area contributed by atoms with Crippen molar-refractivity contribution in [3.8, 4) is 34.0 Å². The summed E-state index contributed by atoms with van der Waals surface area (Å²) in [7, 11) is 1.64. The molecule has 7 heteroatoms. The summed E-state index contributed by atoms with van der Waals surface area (Å²) in [6.45, 7) is 0.186. The van der Waals surface area contributed by atoms with Crippen LogP contribution in [0.1, 0.15) is 5.56 Å². The van der Waals surface area contributed by atoms with Crippen molar-refractivity contribution in [2.24, 2.45) is 0 Å². The summed E-state index contributed by atoms with van der Waals surface area (Å²) in [6, 6.07) is 25.0. The number of hydrogen-bond acceptors (Lipinski definition) is 4. The van der Waals surface area contributed by atoms with Crippen LogP contribution in [-0.2, 0) is 17.8 Å². The summed E-state index contributed by atoms with van der Waals surface area (Å²) in [5.74, 6) is 0.0819. The molecule has 0 bridgehead atoms. The maximum atomic E-state index is 11.0. The molecule has 1 aromatic heterocycles. The van der Waals surface area contributed by atoms with Crippen molar-refractivity contribution in [2.75, 3.05) is 13.7 Å². The number of aryl methyl sites for hydroxylation is 2. The number of aliphatic carboxylic acids is 1. The number of carboxylic acid groups (broad SMARTS) is 1. The average Bonchev–Trinajstić information content (AvgIpc) is 3.26. The number of ether oxygens (including phenoxy) is 2. The molecule has 0 saturated heterocycles. The highest BCUT2D eigenvalue weighted by Gasteiger charge is 2.18. The molecule has 3 aromatic carbocycles. The minimum Gasteiger partial charge on any atom is -0.496 e. The fraction of sp³-hybridized carbons (Fsp3) is 0.154. The van der Waals surface area contributed by atoms with Gasteiger partial charge < -0.3 is 14.6 Å². The zero-order valence-corrected chi connectivity index (χ0v) is 18.8. The number of methoxy groups -OCH3 is 1. The van der Waals surface area contributed by atoms with E-state index in [0.717, 1.165) is 23.4 Å². The summed E-state index contributed by atoms with van der Waals surface area (Å²) in [4.78, 5) is 11.0. The number of nitrogens with zero attached hydrogens (tertiary/aromatic N) is 2. The highest BCUT2D eigenvalue weighted by atomic mass is 35.5. The normalized spacial score (nSPS) is 10.7. The number of rotatable bonds is 9. The monoisotopic (exact) mass is 462 g/mol. The van der Waals surface area contributed by atoms with Gasteiger partial charge in [0.25, 0.3) is 0 Å². The fourth-order valence-electron chi connectivity index (χ4n) is 3.64.